The standard InChI is InChI=1S/C15H13NO5/c1-9-7-12(10(2)21-9)14(17)5-3-11-4-6-15(18)13(8-11)16(19)20/h3-8,18H,1-2H3/b5-3+. The second-order valence-electron chi connectivity index (χ2n) is 4.53. The highest BCUT2D eigenvalue weighted by molar-refractivity contribution is 6.07. The highest BCUT2D eigenvalue weighted by Crippen LogP contribution is 2.26. The molecule has 0 radical (unpaired) electrons. The van der Waals surface area contributed by atoms with Gasteiger partial charge in [-0.1, -0.05) is 12.1 Å². The third-order valence-corrected chi connectivity index (χ3v) is 2.93. The summed E-state index contributed by atoms with van der Waals surface area (Å²) in [6, 6.07) is 5.54. The van der Waals surface area contributed by atoms with Crippen LogP contribution in [0.5, 0.6) is 5.75 Å². The van der Waals surface area contributed by atoms with Crippen LogP contribution in [0.1, 0.15) is 27.4 Å². The number of carbonyl (C=O) groups is 1. The van der Waals surface area contributed by atoms with E-state index in [1.807, 2.05) is 0 Å². The summed E-state index contributed by atoms with van der Waals surface area (Å²) in [5.41, 5.74) is 0.502. The van der Waals surface area contributed by atoms with Crippen LogP contribution >= 0.6 is 0 Å². The average Bonchev–Trinajstić information content (AvgIpc) is 2.76. The first-order valence-electron chi connectivity index (χ1n) is 6.15. The van der Waals surface area contributed by atoms with E-state index in [2.05, 4.69) is 0 Å². The van der Waals surface area contributed by atoms with Crippen LogP contribution in [0.25, 0.3) is 6.08 Å². The van der Waals surface area contributed by atoms with Gasteiger partial charge in [-0.15, -0.1) is 0 Å². The number of allylic oxidation sites excluding steroid dienone is 1. The molecule has 0 aliphatic carbocycles. The molecule has 108 valence electrons. The van der Waals surface area contributed by atoms with Crippen LogP contribution in [0, 0.1) is 24.0 Å². The maximum atomic E-state index is 12.0. The van der Waals surface area contributed by atoms with E-state index < -0.39 is 16.4 Å². The summed E-state index contributed by atoms with van der Waals surface area (Å²) in [6.45, 7) is 3.44. The molecule has 0 aliphatic heterocycles. The fourth-order valence-electron chi connectivity index (χ4n) is 1.93. The number of benzene rings is 1. The minimum absolute atomic E-state index is 0.250. The molecule has 0 spiro atoms. The molecule has 1 aromatic carbocycles. The van der Waals surface area contributed by atoms with Crippen LogP contribution in [0.3, 0.4) is 0 Å². The van der Waals surface area contributed by atoms with E-state index in [1.165, 1.54) is 30.4 Å². The van der Waals surface area contributed by atoms with Crippen molar-refractivity contribution in [2.45, 2.75) is 13.8 Å². The molecule has 1 heterocycles. The van der Waals surface area contributed by atoms with Gasteiger partial charge in [0.15, 0.2) is 11.5 Å². The Hall–Kier alpha value is -2.89. The van der Waals surface area contributed by atoms with Gasteiger partial charge in [0.2, 0.25) is 0 Å². The van der Waals surface area contributed by atoms with E-state index in [0.29, 0.717) is 22.6 Å². The largest absolute Gasteiger partial charge is 0.502 e. The molecule has 21 heavy (non-hydrogen) atoms. The molecule has 0 amide bonds. The van der Waals surface area contributed by atoms with Gasteiger partial charge in [-0.3, -0.25) is 14.9 Å². The maximum absolute atomic E-state index is 12.0. The average molecular weight is 287 g/mol. The Morgan fingerprint density at radius 2 is 2.05 bits per heavy atom. The van der Waals surface area contributed by atoms with Crippen molar-refractivity contribution >= 4 is 17.5 Å². The summed E-state index contributed by atoms with van der Waals surface area (Å²) in [7, 11) is 0. The predicted molar refractivity (Wildman–Crippen MR) is 76.3 cm³/mol. The van der Waals surface area contributed by atoms with Crippen LogP contribution < -0.4 is 0 Å². The van der Waals surface area contributed by atoms with E-state index in [-0.39, 0.29) is 5.78 Å². The number of phenols is 1. The number of aromatic hydroxyl groups is 1. The number of aryl methyl sites for hydroxylation is 2. The molecule has 2 rings (SSSR count). The highest BCUT2D eigenvalue weighted by atomic mass is 16.6. The van der Waals surface area contributed by atoms with E-state index in [1.54, 1.807) is 19.9 Å². The van der Waals surface area contributed by atoms with Gasteiger partial charge in [0.05, 0.1) is 10.5 Å². The fourth-order valence-corrected chi connectivity index (χ4v) is 1.93. The number of hydrogen-bond acceptors (Lipinski definition) is 5. The molecule has 1 aromatic heterocycles. The van der Waals surface area contributed by atoms with Gasteiger partial charge < -0.3 is 9.52 Å². The second-order valence-corrected chi connectivity index (χ2v) is 4.53. The van der Waals surface area contributed by atoms with Gasteiger partial charge in [-0.05, 0) is 37.6 Å². The quantitative estimate of drug-likeness (QED) is 0.402. The molecule has 0 saturated heterocycles. The number of carbonyl (C=O) groups excluding carboxylic acids is 1. The Labute approximate surface area is 120 Å². The maximum Gasteiger partial charge on any atom is 0.311 e. The van der Waals surface area contributed by atoms with Gasteiger partial charge in [0.1, 0.15) is 11.5 Å². The lowest BCUT2D eigenvalue weighted by Crippen LogP contribution is -1.94. The van der Waals surface area contributed by atoms with Crippen molar-refractivity contribution in [3.8, 4) is 5.75 Å². The Morgan fingerprint density at radius 1 is 1.33 bits per heavy atom. The summed E-state index contributed by atoms with van der Waals surface area (Å²) in [5.74, 6) is 0.508. The summed E-state index contributed by atoms with van der Waals surface area (Å²) in [4.78, 5) is 22.0. The summed E-state index contributed by atoms with van der Waals surface area (Å²) in [5, 5.41) is 20.1. The Kier molecular flexibility index (Phi) is 3.89. The molecule has 6 nitrogen and oxygen atoms in total. The van der Waals surface area contributed by atoms with Crippen molar-refractivity contribution in [2.75, 3.05) is 0 Å². The molecule has 1 N–H and O–H groups in total. The number of hydrogen-bond donors (Lipinski definition) is 1. The summed E-state index contributed by atoms with van der Waals surface area (Å²) in [6.07, 6.45) is 2.77. The normalized spacial score (nSPS) is 11.0. The molecule has 0 bridgehead atoms. The zero-order valence-corrected chi connectivity index (χ0v) is 11.5. The highest BCUT2D eigenvalue weighted by Gasteiger charge is 2.13. The summed E-state index contributed by atoms with van der Waals surface area (Å²) >= 11 is 0. The number of rotatable bonds is 4. The molecule has 0 aliphatic rings. The summed E-state index contributed by atoms with van der Waals surface area (Å²) < 4.78 is 5.28. The molecule has 0 unspecified atom stereocenters. The van der Waals surface area contributed by atoms with E-state index in [4.69, 9.17) is 4.42 Å². The minimum atomic E-state index is -0.682. The first kappa shape index (κ1) is 14.5. The van der Waals surface area contributed by atoms with Crippen LogP contribution in [0.4, 0.5) is 5.69 Å². The zero-order chi connectivity index (χ0) is 15.6. The van der Waals surface area contributed by atoms with Crippen LogP contribution in [0.2, 0.25) is 0 Å². The van der Waals surface area contributed by atoms with Gasteiger partial charge in [0, 0.05) is 6.07 Å². The van der Waals surface area contributed by atoms with Crippen molar-refractivity contribution < 1.29 is 19.2 Å². The van der Waals surface area contributed by atoms with Crippen molar-refractivity contribution in [1.29, 1.82) is 0 Å². The number of furan rings is 1. The van der Waals surface area contributed by atoms with Gasteiger partial charge in [-0.2, -0.15) is 0 Å². The van der Waals surface area contributed by atoms with Crippen LogP contribution in [0.15, 0.2) is 34.8 Å². The third-order valence-electron chi connectivity index (χ3n) is 2.93. The predicted octanol–water partition coefficient (Wildman–Crippen LogP) is 3.41. The molecule has 2 aromatic rings. The Morgan fingerprint density at radius 3 is 2.62 bits per heavy atom. The number of phenolic OH excluding ortho intramolecular Hbond substituents is 1. The third kappa shape index (κ3) is 3.17. The lowest BCUT2D eigenvalue weighted by Gasteiger charge is -1.97. The van der Waals surface area contributed by atoms with E-state index >= 15 is 0 Å². The van der Waals surface area contributed by atoms with Crippen molar-refractivity contribution in [2.24, 2.45) is 0 Å². The number of ketones is 1. The number of nitrogens with zero attached hydrogens (tertiary/aromatic N) is 1. The van der Waals surface area contributed by atoms with Crippen molar-refractivity contribution in [1.82, 2.24) is 0 Å². The van der Waals surface area contributed by atoms with E-state index in [0.717, 1.165) is 0 Å². The number of nitro benzene ring substituents is 1. The zero-order valence-electron chi connectivity index (χ0n) is 11.5. The van der Waals surface area contributed by atoms with E-state index in [9.17, 15) is 20.0 Å². The smallest absolute Gasteiger partial charge is 0.311 e. The topological polar surface area (TPSA) is 93.6 Å². The first-order valence-corrected chi connectivity index (χ1v) is 6.15. The van der Waals surface area contributed by atoms with Crippen LogP contribution in [-0.2, 0) is 0 Å². The Balaban J connectivity index is 2.25. The number of nitro groups is 1. The Bertz CT molecular complexity index is 743. The fraction of sp³-hybridized carbons (Fsp3) is 0.133. The van der Waals surface area contributed by atoms with Gasteiger partial charge in [-0.25, -0.2) is 0 Å². The minimum Gasteiger partial charge on any atom is -0.502 e. The van der Waals surface area contributed by atoms with Crippen molar-refractivity contribution in [3.63, 3.8) is 0 Å². The molecule has 0 saturated carbocycles. The second kappa shape index (κ2) is 5.62. The monoisotopic (exact) mass is 287 g/mol. The molecule has 0 atom stereocenters. The molecule has 0 fully saturated rings. The van der Waals surface area contributed by atoms with Crippen LogP contribution in [-0.4, -0.2) is 15.8 Å². The molecular formula is C15H13NO5. The SMILES string of the molecule is Cc1cc(C(=O)/C=C/c2ccc(O)c([N+](=O)[O-])c2)c(C)o1. The molecule has 6 heteroatoms. The lowest BCUT2D eigenvalue weighted by molar-refractivity contribution is -0.385. The van der Waals surface area contributed by atoms with Gasteiger partial charge in [0.25, 0.3) is 0 Å². The van der Waals surface area contributed by atoms with Crippen molar-refractivity contribution in [3.05, 3.63) is 63.1 Å². The first-order chi connectivity index (χ1) is 9.88. The van der Waals surface area contributed by atoms with Gasteiger partial charge >= 0.3 is 5.69 Å². The lowest BCUT2D eigenvalue weighted by atomic mass is 10.1. The molecular weight excluding hydrogens is 274 g/mol.